The summed E-state index contributed by atoms with van der Waals surface area (Å²) in [6, 6.07) is 13.8. The van der Waals surface area contributed by atoms with E-state index >= 15 is 0 Å². The van der Waals surface area contributed by atoms with Gasteiger partial charge in [-0.2, -0.15) is 5.10 Å². The van der Waals surface area contributed by atoms with Gasteiger partial charge in [0.1, 0.15) is 0 Å². The smallest absolute Gasteiger partial charge is 0.246 e. The van der Waals surface area contributed by atoms with Gasteiger partial charge in [0.25, 0.3) is 0 Å². The van der Waals surface area contributed by atoms with E-state index in [4.69, 9.17) is 9.47 Å². The molecule has 1 amide bonds. The summed E-state index contributed by atoms with van der Waals surface area (Å²) >= 11 is 0. The SMILES string of the molecule is O=C(/C=C/c1ccc2c(c1)OCO2)N1CCN(Cc2cc3ccccn3n2)CC1. The van der Waals surface area contributed by atoms with Crippen molar-refractivity contribution in [2.45, 2.75) is 6.54 Å². The maximum absolute atomic E-state index is 12.5. The van der Waals surface area contributed by atoms with E-state index in [-0.39, 0.29) is 12.7 Å². The van der Waals surface area contributed by atoms with Crippen LogP contribution >= 0.6 is 0 Å². The highest BCUT2D eigenvalue weighted by Crippen LogP contribution is 2.32. The number of hydrogen-bond acceptors (Lipinski definition) is 5. The van der Waals surface area contributed by atoms with Crippen molar-refractivity contribution in [2.75, 3.05) is 33.0 Å². The van der Waals surface area contributed by atoms with E-state index in [0.717, 1.165) is 61.0 Å². The summed E-state index contributed by atoms with van der Waals surface area (Å²) in [5, 5.41) is 4.61. The number of piperazine rings is 1. The third-order valence-corrected chi connectivity index (χ3v) is 5.31. The number of rotatable bonds is 4. The number of nitrogens with zero attached hydrogens (tertiary/aromatic N) is 4. The van der Waals surface area contributed by atoms with Gasteiger partial charge >= 0.3 is 0 Å². The molecule has 1 saturated heterocycles. The van der Waals surface area contributed by atoms with Crippen molar-refractivity contribution in [3.05, 3.63) is 66.0 Å². The second kappa shape index (κ2) is 7.60. The van der Waals surface area contributed by atoms with Gasteiger partial charge in [0, 0.05) is 45.0 Å². The normalized spacial score (nSPS) is 16.8. The van der Waals surface area contributed by atoms with Crippen molar-refractivity contribution in [3.8, 4) is 11.5 Å². The Labute approximate surface area is 168 Å². The van der Waals surface area contributed by atoms with Crippen molar-refractivity contribution < 1.29 is 14.3 Å². The Kier molecular flexibility index (Phi) is 4.65. The highest BCUT2D eigenvalue weighted by Gasteiger charge is 2.20. The molecule has 2 aliphatic rings. The Morgan fingerprint density at radius 3 is 2.76 bits per heavy atom. The van der Waals surface area contributed by atoms with Crippen LogP contribution in [0.25, 0.3) is 11.6 Å². The van der Waals surface area contributed by atoms with Crippen molar-refractivity contribution in [3.63, 3.8) is 0 Å². The minimum absolute atomic E-state index is 0.0371. The van der Waals surface area contributed by atoms with Crippen LogP contribution in [0.2, 0.25) is 0 Å². The Morgan fingerprint density at radius 2 is 1.90 bits per heavy atom. The number of carbonyl (C=O) groups excluding carboxylic acids is 1. The lowest BCUT2D eigenvalue weighted by molar-refractivity contribution is -0.127. The number of aromatic nitrogens is 2. The van der Waals surface area contributed by atoms with Crippen LogP contribution in [-0.2, 0) is 11.3 Å². The highest BCUT2D eigenvalue weighted by molar-refractivity contribution is 5.92. The van der Waals surface area contributed by atoms with E-state index in [0.29, 0.717) is 0 Å². The number of benzene rings is 1. The molecule has 29 heavy (non-hydrogen) atoms. The lowest BCUT2D eigenvalue weighted by Gasteiger charge is -2.33. The van der Waals surface area contributed by atoms with Crippen LogP contribution in [-0.4, -0.2) is 58.3 Å². The summed E-state index contributed by atoms with van der Waals surface area (Å²) < 4.78 is 12.6. The van der Waals surface area contributed by atoms with Crippen LogP contribution in [0.1, 0.15) is 11.3 Å². The average molecular weight is 390 g/mol. The first kappa shape index (κ1) is 17.8. The molecule has 0 bridgehead atoms. The molecule has 0 spiro atoms. The van der Waals surface area contributed by atoms with Gasteiger partial charge < -0.3 is 14.4 Å². The van der Waals surface area contributed by atoms with Crippen LogP contribution in [0, 0.1) is 0 Å². The van der Waals surface area contributed by atoms with Crippen molar-refractivity contribution in [1.82, 2.24) is 19.4 Å². The predicted molar refractivity (Wildman–Crippen MR) is 109 cm³/mol. The lowest BCUT2D eigenvalue weighted by Crippen LogP contribution is -2.47. The van der Waals surface area contributed by atoms with E-state index < -0.39 is 0 Å². The molecule has 0 saturated carbocycles. The first-order chi connectivity index (χ1) is 14.2. The molecule has 5 rings (SSSR count). The van der Waals surface area contributed by atoms with Gasteiger partial charge in [0.05, 0.1) is 11.2 Å². The number of carbonyl (C=O) groups is 1. The molecular formula is C22H22N4O3. The molecule has 0 N–H and O–H groups in total. The second-order valence-corrected chi connectivity index (χ2v) is 7.25. The van der Waals surface area contributed by atoms with Crippen LogP contribution in [0.5, 0.6) is 11.5 Å². The van der Waals surface area contributed by atoms with E-state index in [1.54, 1.807) is 6.08 Å². The first-order valence-corrected chi connectivity index (χ1v) is 9.77. The molecule has 0 radical (unpaired) electrons. The standard InChI is InChI=1S/C22H22N4O3/c27-22(7-5-17-4-6-20-21(13-17)29-16-28-20)25-11-9-24(10-12-25)15-18-14-19-3-1-2-8-26(19)23-18/h1-8,13-14H,9-12,15-16H2/b7-5+. The van der Waals surface area contributed by atoms with Gasteiger partial charge in [-0.3, -0.25) is 9.69 Å². The fourth-order valence-corrected chi connectivity index (χ4v) is 3.71. The summed E-state index contributed by atoms with van der Waals surface area (Å²) in [5.74, 6) is 1.51. The number of fused-ring (bicyclic) bond motifs is 2. The highest BCUT2D eigenvalue weighted by atomic mass is 16.7. The maximum atomic E-state index is 12.5. The molecule has 1 aromatic carbocycles. The summed E-state index contributed by atoms with van der Waals surface area (Å²) in [6.07, 6.45) is 5.42. The summed E-state index contributed by atoms with van der Waals surface area (Å²) in [7, 11) is 0. The number of amides is 1. The Hall–Kier alpha value is -3.32. The van der Waals surface area contributed by atoms with Gasteiger partial charge in [-0.25, -0.2) is 4.52 Å². The van der Waals surface area contributed by atoms with Crippen LogP contribution in [0.3, 0.4) is 0 Å². The predicted octanol–water partition coefficient (Wildman–Crippen LogP) is 2.42. The average Bonchev–Trinajstić information content (AvgIpc) is 3.38. The fraction of sp³-hybridized carbons (Fsp3) is 0.273. The Morgan fingerprint density at radius 1 is 1.03 bits per heavy atom. The van der Waals surface area contributed by atoms with Crippen LogP contribution < -0.4 is 9.47 Å². The Bertz CT molecular complexity index is 1030. The summed E-state index contributed by atoms with van der Waals surface area (Å²) in [6.45, 7) is 4.18. The number of pyridine rings is 1. The third-order valence-electron chi connectivity index (χ3n) is 5.31. The molecule has 0 unspecified atom stereocenters. The largest absolute Gasteiger partial charge is 0.454 e. The number of ether oxygens (including phenoxy) is 2. The molecule has 7 nitrogen and oxygen atoms in total. The monoisotopic (exact) mass is 390 g/mol. The molecule has 3 aromatic rings. The van der Waals surface area contributed by atoms with Crippen LogP contribution in [0.4, 0.5) is 0 Å². The van der Waals surface area contributed by atoms with E-state index in [1.807, 2.05) is 52.0 Å². The zero-order chi connectivity index (χ0) is 19.6. The molecule has 1 fully saturated rings. The summed E-state index contributed by atoms with van der Waals surface area (Å²) in [4.78, 5) is 16.8. The van der Waals surface area contributed by atoms with E-state index in [2.05, 4.69) is 22.1 Å². The van der Waals surface area contributed by atoms with Crippen LogP contribution in [0.15, 0.2) is 54.7 Å². The second-order valence-electron chi connectivity index (χ2n) is 7.25. The van der Waals surface area contributed by atoms with E-state index in [9.17, 15) is 4.79 Å². The third kappa shape index (κ3) is 3.82. The summed E-state index contributed by atoms with van der Waals surface area (Å²) in [5.41, 5.74) is 3.08. The fourth-order valence-electron chi connectivity index (χ4n) is 3.71. The molecule has 0 atom stereocenters. The van der Waals surface area contributed by atoms with Gasteiger partial charge in [-0.05, 0) is 42.0 Å². The quantitative estimate of drug-likeness (QED) is 0.641. The molecular weight excluding hydrogens is 368 g/mol. The molecule has 0 aliphatic carbocycles. The first-order valence-electron chi connectivity index (χ1n) is 9.77. The molecule has 4 heterocycles. The van der Waals surface area contributed by atoms with Crippen molar-refractivity contribution in [2.24, 2.45) is 0 Å². The zero-order valence-electron chi connectivity index (χ0n) is 16.0. The molecule has 7 heteroatoms. The topological polar surface area (TPSA) is 59.3 Å². The van der Waals surface area contributed by atoms with Gasteiger partial charge in [-0.15, -0.1) is 0 Å². The van der Waals surface area contributed by atoms with Gasteiger partial charge in [-0.1, -0.05) is 12.1 Å². The zero-order valence-corrected chi connectivity index (χ0v) is 16.0. The van der Waals surface area contributed by atoms with Crippen molar-refractivity contribution >= 4 is 17.5 Å². The van der Waals surface area contributed by atoms with Gasteiger partial charge in [0.2, 0.25) is 12.7 Å². The number of hydrogen-bond donors (Lipinski definition) is 0. The van der Waals surface area contributed by atoms with Gasteiger partial charge in [0.15, 0.2) is 11.5 Å². The lowest BCUT2D eigenvalue weighted by atomic mass is 10.2. The molecule has 148 valence electrons. The maximum Gasteiger partial charge on any atom is 0.246 e. The Balaban J connectivity index is 1.15. The van der Waals surface area contributed by atoms with E-state index in [1.165, 1.54) is 0 Å². The molecule has 2 aliphatic heterocycles. The minimum atomic E-state index is 0.0371. The minimum Gasteiger partial charge on any atom is -0.454 e. The van der Waals surface area contributed by atoms with Crippen molar-refractivity contribution in [1.29, 1.82) is 0 Å². The molecule has 2 aromatic heterocycles.